The summed E-state index contributed by atoms with van der Waals surface area (Å²) in [5.74, 6) is 0. The molecule has 5 atom stereocenters. The Morgan fingerprint density at radius 1 is 1.38 bits per heavy atom. The van der Waals surface area contributed by atoms with Gasteiger partial charge in [-0.15, -0.1) is 0 Å². The summed E-state index contributed by atoms with van der Waals surface area (Å²) in [6.07, 6.45) is -3.40. The zero-order chi connectivity index (χ0) is 10.0. The molecule has 0 amide bonds. The molecule has 0 spiro atoms. The summed E-state index contributed by atoms with van der Waals surface area (Å²) in [6.45, 7) is -0.311. The predicted molar refractivity (Wildman–Crippen MR) is 52.6 cm³/mol. The average Bonchev–Trinajstić information content (AvgIpc) is 2.12. The summed E-state index contributed by atoms with van der Waals surface area (Å²) in [4.78, 5) is 0. The number of aliphatic hydroxyl groups excluding tert-OH is 3. The van der Waals surface area contributed by atoms with Gasteiger partial charge < -0.3 is 24.8 Å². The van der Waals surface area contributed by atoms with Crippen LogP contribution in [0.2, 0.25) is 0 Å². The van der Waals surface area contributed by atoms with Crippen molar-refractivity contribution in [2.45, 2.75) is 28.5 Å². The molecule has 5 unspecified atom stereocenters. The molecule has 1 aliphatic heterocycles. The van der Waals surface area contributed by atoms with Gasteiger partial charge in [-0.25, -0.2) is 0 Å². The van der Waals surface area contributed by atoms with Gasteiger partial charge in [0.05, 0.1) is 6.61 Å². The summed E-state index contributed by atoms with van der Waals surface area (Å²) >= 11 is 1.95. The van der Waals surface area contributed by atoms with E-state index in [9.17, 15) is 10.2 Å². The molecule has 1 heterocycles. The quantitative estimate of drug-likeness (QED) is 0.445. The van der Waals surface area contributed by atoms with Crippen molar-refractivity contribution >= 4 is 22.6 Å². The van der Waals surface area contributed by atoms with Crippen LogP contribution in [0.5, 0.6) is 0 Å². The molecule has 3 N–H and O–H groups in total. The molecule has 1 rings (SSSR count). The minimum atomic E-state index is -1.10. The van der Waals surface area contributed by atoms with E-state index in [2.05, 4.69) is 0 Å². The third-order valence-electron chi connectivity index (χ3n) is 2.08. The van der Waals surface area contributed by atoms with Crippen LogP contribution >= 0.6 is 22.6 Å². The minimum absolute atomic E-state index is 0.311. The first-order valence-electron chi connectivity index (χ1n) is 3.91. The number of alkyl halides is 1. The van der Waals surface area contributed by atoms with Crippen molar-refractivity contribution in [2.75, 3.05) is 13.7 Å². The van der Waals surface area contributed by atoms with Gasteiger partial charge in [0.2, 0.25) is 0 Å². The summed E-state index contributed by atoms with van der Waals surface area (Å²) in [7, 11) is 1.44. The number of rotatable bonds is 2. The van der Waals surface area contributed by atoms with Crippen LogP contribution in [0, 0.1) is 0 Å². The van der Waals surface area contributed by atoms with Crippen molar-refractivity contribution in [3.8, 4) is 0 Å². The fraction of sp³-hybridized carbons (Fsp3) is 1.00. The highest BCUT2D eigenvalue weighted by Gasteiger charge is 2.43. The van der Waals surface area contributed by atoms with Crippen molar-refractivity contribution < 1.29 is 24.8 Å². The summed E-state index contributed by atoms with van der Waals surface area (Å²) in [6, 6.07) is 0. The minimum Gasteiger partial charge on any atom is -0.394 e. The Labute approximate surface area is 89.8 Å². The number of aliphatic hydroxyl groups is 3. The highest BCUT2D eigenvalue weighted by Crippen LogP contribution is 2.26. The van der Waals surface area contributed by atoms with Crippen LogP contribution in [0.4, 0.5) is 0 Å². The monoisotopic (exact) mass is 304 g/mol. The van der Waals surface area contributed by atoms with Crippen molar-refractivity contribution in [3.63, 3.8) is 0 Å². The highest BCUT2D eigenvalue weighted by atomic mass is 127. The SMILES string of the molecule is COC1C(I)OC(CO)C(O)C1O. The van der Waals surface area contributed by atoms with Crippen LogP contribution in [0.25, 0.3) is 0 Å². The molecule has 0 aromatic rings. The molecule has 0 aliphatic carbocycles. The molecule has 0 aromatic heterocycles. The Hall–Kier alpha value is 0.530. The summed E-state index contributed by atoms with van der Waals surface area (Å²) in [5, 5.41) is 27.8. The Morgan fingerprint density at radius 2 is 2.00 bits per heavy atom. The van der Waals surface area contributed by atoms with E-state index in [-0.39, 0.29) is 10.7 Å². The normalized spacial score (nSPS) is 46.4. The lowest BCUT2D eigenvalue weighted by atomic mass is 10.0. The Kier molecular flexibility index (Phi) is 4.33. The van der Waals surface area contributed by atoms with Gasteiger partial charge >= 0.3 is 0 Å². The van der Waals surface area contributed by atoms with E-state index in [0.717, 1.165) is 0 Å². The van der Waals surface area contributed by atoms with Gasteiger partial charge in [0, 0.05) is 7.11 Å². The second-order valence-electron chi connectivity index (χ2n) is 2.89. The molecule has 1 fully saturated rings. The fourth-order valence-corrected chi connectivity index (χ4v) is 2.39. The van der Waals surface area contributed by atoms with E-state index in [1.807, 2.05) is 22.6 Å². The third kappa shape index (κ3) is 2.31. The topological polar surface area (TPSA) is 79.2 Å². The third-order valence-corrected chi connectivity index (χ3v) is 3.09. The molecule has 13 heavy (non-hydrogen) atoms. The lowest BCUT2D eigenvalue weighted by Crippen LogP contribution is -2.57. The molecule has 0 bridgehead atoms. The van der Waals surface area contributed by atoms with Crippen molar-refractivity contribution in [2.24, 2.45) is 0 Å². The predicted octanol–water partition coefficient (Wildman–Crippen LogP) is -1.12. The van der Waals surface area contributed by atoms with Crippen LogP contribution in [0.3, 0.4) is 0 Å². The van der Waals surface area contributed by atoms with E-state index in [1.54, 1.807) is 0 Å². The smallest absolute Gasteiger partial charge is 0.138 e. The number of hydrogen-bond acceptors (Lipinski definition) is 5. The lowest BCUT2D eigenvalue weighted by molar-refractivity contribution is -0.208. The van der Waals surface area contributed by atoms with E-state index < -0.39 is 24.4 Å². The molecular weight excluding hydrogens is 291 g/mol. The first kappa shape index (κ1) is 11.6. The molecule has 78 valence electrons. The van der Waals surface area contributed by atoms with Gasteiger partial charge in [-0.05, 0) is 22.6 Å². The molecule has 6 heteroatoms. The summed E-state index contributed by atoms with van der Waals surface area (Å²) in [5.41, 5.74) is 0. The van der Waals surface area contributed by atoms with Crippen LogP contribution in [-0.4, -0.2) is 57.6 Å². The van der Waals surface area contributed by atoms with Gasteiger partial charge in [-0.2, -0.15) is 0 Å². The zero-order valence-electron chi connectivity index (χ0n) is 7.13. The van der Waals surface area contributed by atoms with Gasteiger partial charge in [0.1, 0.15) is 28.5 Å². The first-order valence-corrected chi connectivity index (χ1v) is 5.15. The van der Waals surface area contributed by atoms with E-state index >= 15 is 0 Å². The molecule has 0 aromatic carbocycles. The highest BCUT2D eigenvalue weighted by molar-refractivity contribution is 14.1. The molecular formula is C7H13IO5. The van der Waals surface area contributed by atoms with Gasteiger partial charge in [0.25, 0.3) is 0 Å². The maximum absolute atomic E-state index is 9.54. The molecule has 0 radical (unpaired) electrons. The average molecular weight is 304 g/mol. The maximum atomic E-state index is 9.54. The number of ether oxygens (including phenoxy) is 2. The van der Waals surface area contributed by atoms with E-state index in [4.69, 9.17) is 14.6 Å². The molecule has 5 nitrogen and oxygen atoms in total. The van der Waals surface area contributed by atoms with Crippen LogP contribution in [0.15, 0.2) is 0 Å². The second kappa shape index (κ2) is 4.85. The van der Waals surface area contributed by atoms with Gasteiger partial charge in [-0.1, -0.05) is 0 Å². The number of hydrogen-bond donors (Lipinski definition) is 3. The number of halogens is 1. The van der Waals surface area contributed by atoms with Crippen molar-refractivity contribution in [1.29, 1.82) is 0 Å². The van der Waals surface area contributed by atoms with Crippen LogP contribution < -0.4 is 0 Å². The van der Waals surface area contributed by atoms with E-state index in [1.165, 1.54) is 7.11 Å². The van der Waals surface area contributed by atoms with Gasteiger partial charge in [0.15, 0.2) is 0 Å². The molecule has 1 aliphatic rings. The molecule has 0 saturated carbocycles. The Balaban J connectivity index is 2.66. The summed E-state index contributed by atoms with van der Waals surface area (Å²) < 4.78 is 9.82. The maximum Gasteiger partial charge on any atom is 0.138 e. The second-order valence-corrected chi connectivity index (χ2v) is 4.12. The van der Waals surface area contributed by atoms with Gasteiger partial charge in [-0.3, -0.25) is 0 Å². The van der Waals surface area contributed by atoms with Crippen LogP contribution in [0.1, 0.15) is 0 Å². The molecule has 1 saturated heterocycles. The standard InChI is InChI=1S/C7H13IO5/c1-12-6-5(11)4(10)3(2-9)13-7(6)8/h3-7,9-11H,2H2,1H3. The number of methoxy groups -OCH3 is 1. The largest absolute Gasteiger partial charge is 0.394 e. The van der Waals surface area contributed by atoms with Crippen molar-refractivity contribution in [3.05, 3.63) is 0 Å². The van der Waals surface area contributed by atoms with E-state index in [0.29, 0.717) is 0 Å². The lowest BCUT2D eigenvalue weighted by Gasteiger charge is -2.39. The Bertz CT molecular complexity index is 167. The fourth-order valence-electron chi connectivity index (χ4n) is 1.29. The van der Waals surface area contributed by atoms with Crippen molar-refractivity contribution in [1.82, 2.24) is 0 Å². The zero-order valence-corrected chi connectivity index (χ0v) is 9.29. The first-order chi connectivity index (χ1) is 6.11. The van der Waals surface area contributed by atoms with Crippen LogP contribution in [-0.2, 0) is 9.47 Å². The Morgan fingerprint density at radius 3 is 2.46 bits per heavy atom.